The highest BCUT2D eigenvalue weighted by atomic mass is 32.2. The number of benzene rings is 1. The number of amides is 2. The molecule has 0 spiro atoms. The smallest absolute Gasteiger partial charge is 0.251 e. The van der Waals surface area contributed by atoms with Gasteiger partial charge >= 0.3 is 0 Å². The topological polar surface area (TPSA) is 110 Å². The Balaban J connectivity index is 1.82. The van der Waals surface area contributed by atoms with Gasteiger partial charge in [-0.2, -0.15) is 0 Å². The fourth-order valence-electron chi connectivity index (χ4n) is 3.27. The number of thiophene rings is 1. The minimum atomic E-state index is -3.95. The third-order valence-electron chi connectivity index (χ3n) is 4.81. The van der Waals surface area contributed by atoms with Crippen molar-refractivity contribution in [3.63, 3.8) is 0 Å². The standard InChI is InChI=1S/C19H22FN3O4S2/c1-11(2)23-8-7-14-15(9-23)28-19(17(14)18(21)25)22-16(24)10-29(26,27)13-5-3-12(20)4-6-13/h3-6,11H,7-10H2,1-2H3,(H2,21,25)(H,22,24). The predicted octanol–water partition coefficient (Wildman–Crippen LogP) is 2.17. The second-order valence-corrected chi connectivity index (χ2v) is 10.2. The van der Waals surface area contributed by atoms with Gasteiger partial charge in [0.25, 0.3) is 5.91 Å². The van der Waals surface area contributed by atoms with Crippen molar-refractivity contribution in [3.05, 3.63) is 46.1 Å². The Hall–Kier alpha value is -2.30. The molecule has 0 fully saturated rings. The van der Waals surface area contributed by atoms with Gasteiger partial charge in [-0.25, -0.2) is 12.8 Å². The Morgan fingerprint density at radius 3 is 2.52 bits per heavy atom. The number of halogens is 1. The van der Waals surface area contributed by atoms with Gasteiger partial charge in [-0.15, -0.1) is 11.3 Å². The van der Waals surface area contributed by atoms with Crippen molar-refractivity contribution in [2.45, 2.75) is 37.8 Å². The van der Waals surface area contributed by atoms with Gasteiger partial charge in [0.15, 0.2) is 9.84 Å². The first-order valence-corrected chi connectivity index (χ1v) is 11.5. The largest absolute Gasteiger partial charge is 0.365 e. The quantitative estimate of drug-likeness (QED) is 0.671. The highest BCUT2D eigenvalue weighted by molar-refractivity contribution is 7.92. The van der Waals surface area contributed by atoms with Gasteiger partial charge in [0, 0.05) is 24.0 Å². The van der Waals surface area contributed by atoms with Crippen molar-refractivity contribution in [2.24, 2.45) is 5.73 Å². The van der Waals surface area contributed by atoms with E-state index >= 15 is 0 Å². The molecule has 0 bridgehead atoms. The molecule has 1 aliphatic heterocycles. The van der Waals surface area contributed by atoms with Gasteiger partial charge in [0.2, 0.25) is 5.91 Å². The van der Waals surface area contributed by atoms with E-state index in [1.54, 1.807) is 0 Å². The molecule has 0 aliphatic carbocycles. The maximum Gasteiger partial charge on any atom is 0.251 e. The SMILES string of the molecule is CC(C)N1CCc2c(sc(NC(=O)CS(=O)(=O)c3ccc(F)cc3)c2C(N)=O)C1. The average molecular weight is 440 g/mol. The number of primary amides is 1. The van der Waals surface area contributed by atoms with Crippen molar-refractivity contribution in [1.29, 1.82) is 0 Å². The molecule has 3 rings (SSSR count). The molecule has 3 N–H and O–H groups in total. The monoisotopic (exact) mass is 439 g/mol. The normalized spacial score (nSPS) is 14.6. The molecule has 1 aliphatic rings. The number of rotatable bonds is 6. The van der Waals surface area contributed by atoms with Gasteiger partial charge in [0.05, 0.1) is 10.5 Å². The minimum Gasteiger partial charge on any atom is -0.365 e. The number of sulfone groups is 1. The van der Waals surface area contributed by atoms with Crippen LogP contribution in [0.1, 0.15) is 34.6 Å². The summed E-state index contributed by atoms with van der Waals surface area (Å²) in [6, 6.07) is 4.59. The third-order valence-corrected chi connectivity index (χ3v) is 7.57. The molecule has 1 aromatic heterocycles. The number of hydrogen-bond acceptors (Lipinski definition) is 6. The van der Waals surface area contributed by atoms with E-state index in [-0.39, 0.29) is 15.5 Å². The van der Waals surface area contributed by atoms with E-state index in [4.69, 9.17) is 5.73 Å². The molecule has 2 heterocycles. The van der Waals surface area contributed by atoms with Gasteiger partial charge in [-0.1, -0.05) is 0 Å². The summed E-state index contributed by atoms with van der Waals surface area (Å²) in [5, 5.41) is 2.81. The molecule has 2 aromatic rings. The van der Waals surface area contributed by atoms with Crippen LogP contribution in [0, 0.1) is 5.82 Å². The number of nitrogens with one attached hydrogen (secondary N) is 1. The first-order chi connectivity index (χ1) is 13.6. The first-order valence-electron chi connectivity index (χ1n) is 9.05. The summed E-state index contributed by atoms with van der Waals surface area (Å²) in [5.41, 5.74) is 6.60. The molecule has 0 unspecified atom stereocenters. The van der Waals surface area contributed by atoms with Crippen molar-refractivity contribution < 1.29 is 22.4 Å². The van der Waals surface area contributed by atoms with Crippen LogP contribution in [0.5, 0.6) is 0 Å². The van der Waals surface area contributed by atoms with Crippen LogP contribution in [0.15, 0.2) is 29.2 Å². The average Bonchev–Trinajstić information content (AvgIpc) is 2.98. The summed E-state index contributed by atoms with van der Waals surface area (Å²) in [4.78, 5) is 27.4. The van der Waals surface area contributed by atoms with Crippen molar-refractivity contribution in [2.75, 3.05) is 17.6 Å². The highest BCUT2D eigenvalue weighted by Gasteiger charge is 2.29. The van der Waals surface area contributed by atoms with E-state index in [9.17, 15) is 22.4 Å². The number of hydrogen-bond donors (Lipinski definition) is 2. The lowest BCUT2D eigenvalue weighted by Crippen LogP contribution is -2.35. The molecule has 7 nitrogen and oxygen atoms in total. The molecule has 2 amide bonds. The highest BCUT2D eigenvalue weighted by Crippen LogP contribution is 2.37. The Labute approximate surface area is 172 Å². The second kappa shape index (κ2) is 8.21. The molecular weight excluding hydrogens is 417 g/mol. The van der Waals surface area contributed by atoms with Crippen molar-refractivity contribution in [3.8, 4) is 0 Å². The van der Waals surface area contributed by atoms with E-state index in [1.807, 2.05) is 0 Å². The third kappa shape index (κ3) is 4.65. The summed E-state index contributed by atoms with van der Waals surface area (Å²) < 4.78 is 37.8. The lowest BCUT2D eigenvalue weighted by atomic mass is 10.0. The lowest BCUT2D eigenvalue weighted by Gasteiger charge is -2.30. The number of nitrogens with two attached hydrogens (primary N) is 1. The molecule has 0 saturated carbocycles. The molecule has 0 saturated heterocycles. The van der Waals surface area contributed by atoms with Crippen LogP contribution in [-0.4, -0.2) is 43.5 Å². The summed E-state index contributed by atoms with van der Waals surface area (Å²) in [7, 11) is -3.95. The Morgan fingerprint density at radius 1 is 1.28 bits per heavy atom. The van der Waals surface area contributed by atoms with Gasteiger partial charge in [-0.3, -0.25) is 14.5 Å². The predicted molar refractivity (Wildman–Crippen MR) is 109 cm³/mol. The fraction of sp³-hybridized carbons (Fsp3) is 0.368. The minimum absolute atomic E-state index is 0.151. The van der Waals surface area contributed by atoms with E-state index < -0.39 is 33.2 Å². The lowest BCUT2D eigenvalue weighted by molar-refractivity contribution is -0.113. The molecular formula is C19H22FN3O4S2. The maximum atomic E-state index is 13.0. The molecule has 0 radical (unpaired) electrons. The molecule has 156 valence electrons. The Morgan fingerprint density at radius 2 is 1.93 bits per heavy atom. The van der Waals surface area contributed by atoms with Crippen LogP contribution in [0.3, 0.4) is 0 Å². The molecule has 1 aromatic carbocycles. The number of nitrogens with zero attached hydrogens (tertiary/aromatic N) is 1. The van der Waals surface area contributed by atoms with E-state index in [0.29, 0.717) is 19.0 Å². The summed E-state index contributed by atoms with van der Waals surface area (Å²) >= 11 is 1.24. The maximum absolute atomic E-state index is 13.0. The van der Waals surface area contributed by atoms with E-state index in [0.717, 1.165) is 41.3 Å². The number of fused-ring (bicyclic) bond motifs is 1. The summed E-state index contributed by atoms with van der Waals surface area (Å²) in [6.07, 6.45) is 0.631. The van der Waals surface area contributed by atoms with Gasteiger partial charge in [0.1, 0.15) is 16.6 Å². The van der Waals surface area contributed by atoms with Crippen molar-refractivity contribution in [1.82, 2.24) is 4.90 Å². The summed E-state index contributed by atoms with van der Waals surface area (Å²) in [5.74, 6) is -2.83. The van der Waals surface area contributed by atoms with Crippen LogP contribution in [0.4, 0.5) is 9.39 Å². The molecule has 29 heavy (non-hydrogen) atoms. The number of carbonyl (C=O) groups is 2. The van der Waals surface area contributed by atoms with Crippen LogP contribution >= 0.6 is 11.3 Å². The van der Waals surface area contributed by atoms with Crippen LogP contribution in [0.25, 0.3) is 0 Å². The zero-order valence-electron chi connectivity index (χ0n) is 16.1. The van der Waals surface area contributed by atoms with Crippen LogP contribution in [-0.2, 0) is 27.6 Å². The van der Waals surface area contributed by atoms with Crippen LogP contribution < -0.4 is 11.1 Å². The number of carbonyl (C=O) groups excluding carboxylic acids is 2. The second-order valence-electron chi connectivity index (χ2n) is 7.15. The molecule has 10 heteroatoms. The van der Waals surface area contributed by atoms with Gasteiger partial charge < -0.3 is 11.1 Å². The van der Waals surface area contributed by atoms with E-state index in [1.165, 1.54) is 11.3 Å². The zero-order valence-corrected chi connectivity index (χ0v) is 17.7. The van der Waals surface area contributed by atoms with Crippen LogP contribution in [0.2, 0.25) is 0 Å². The zero-order chi connectivity index (χ0) is 21.3. The Kier molecular flexibility index (Phi) is 6.06. The number of anilines is 1. The van der Waals surface area contributed by atoms with Crippen molar-refractivity contribution >= 4 is 38.0 Å². The molecule has 0 atom stereocenters. The summed E-state index contributed by atoms with van der Waals surface area (Å²) in [6.45, 7) is 5.57. The van der Waals surface area contributed by atoms with Gasteiger partial charge in [-0.05, 0) is 50.1 Å². The fourth-order valence-corrected chi connectivity index (χ4v) is 5.70. The Bertz CT molecular complexity index is 1050. The first kappa shape index (κ1) is 21.4. The van der Waals surface area contributed by atoms with E-state index in [2.05, 4.69) is 24.1 Å².